The lowest BCUT2D eigenvalue weighted by molar-refractivity contribution is 0.375. The lowest BCUT2D eigenvalue weighted by atomic mass is 10.2. The Bertz CT molecular complexity index is 737. The van der Waals surface area contributed by atoms with Gasteiger partial charge in [0.1, 0.15) is 5.75 Å². The van der Waals surface area contributed by atoms with E-state index in [4.69, 9.17) is 9.73 Å². The Morgan fingerprint density at radius 1 is 1.00 bits per heavy atom. The third-order valence-corrected chi connectivity index (χ3v) is 4.64. The second-order valence-corrected chi connectivity index (χ2v) is 7.20. The van der Waals surface area contributed by atoms with E-state index in [1.807, 2.05) is 30.3 Å². The third-order valence-electron chi connectivity index (χ3n) is 4.64. The summed E-state index contributed by atoms with van der Waals surface area (Å²) in [4.78, 5) is 9.60. The van der Waals surface area contributed by atoms with Gasteiger partial charge in [-0.05, 0) is 30.2 Å². The number of piperazine rings is 1. The van der Waals surface area contributed by atoms with Crippen molar-refractivity contribution in [3.63, 3.8) is 0 Å². The van der Waals surface area contributed by atoms with Crippen molar-refractivity contribution in [1.29, 1.82) is 0 Å². The zero-order chi connectivity index (χ0) is 19.1. The predicted molar refractivity (Wildman–Crippen MR) is 114 cm³/mol. The van der Waals surface area contributed by atoms with Crippen molar-refractivity contribution in [3.05, 3.63) is 54.6 Å². The maximum atomic E-state index is 5.53. The average Bonchev–Trinajstić information content (AvgIpc) is 2.72. The zero-order valence-electron chi connectivity index (χ0n) is 16.6. The first-order valence-corrected chi connectivity index (χ1v) is 9.67. The Kier molecular flexibility index (Phi) is 6.58. The minimum atomic E-state index is 0.535. The molecule has 1 heterocycles. The highest BCUT2D eigenvalue weighted by Gasteiger charge is 2.22. The number of anilines is 2. The second kappa shape index (κ2) is 9.31. The molecule has 1 aliphatic heterocycles. The molecule has 0 unspecified atom stereocenters. The number of guanidine groups is 1. The van der Waals surface area contributed by atoms with Crippen LogP contribution in [0, 0.1) is 5.92 Å². The van der Waals surface area contributed by atoms with E-state index in [-0.39, 0.29) is 0 Å². The molecule has 144 valence electrons. The number of para-hydroxylation sites is 3. The van der Waals surface area contributed by atoms with Crippen LogP contribution in [0.25, 0.3) is 0 Å². The van der Waals surface area contributed by atoms with Crippen molar-refractivity contribution in [2.24, 2.45) is 10.9 Å². The van der Waals surface area contributed by atoms with Crippen LogP contribution in [0.1, 0.15) is 13.8 Å². The summed E-state index contributed by atoms with van der Waals surface area (Å²) in [5, 5.41) is 3.51. The van der Waals surface area contributed by atoms with Crippen LogP contribution in [-0.2, 0) is 0 Å². The smallest absolute Gasteiger partial charge is 0.198 e. The zero-order valence-corrected chi connectivity index (χ0v) is 16.6. The molecule has 0 atom stereocenters. The normalized spacial score (nSPS) is 15.2. The van der Waals surface area contributed by atoms with E-state index in [2.05, 4.69) is 53.2 Å². The third kappa shape index (κ3) is 5.16. The van der Waals surface area contributed by atoms with Crippen LogP contribution in [0.4, 0.5) is 11.4 Å². The van der Waals surface area contributed by atoms with Crippen LogP contribution < -0.4 is 15.0 Å². The van der Waals surface area contributed by atoms with Crippen LogP contribution in [0.5, 0.6) is 5.75 Å². The summed E-state index contributed by atoms with van der Waals surface area (Å²) in [5.74, 6) is 2.43. The topological polar surface area (TPSA) is 40.1 Å². The number of nitrogens with one attached hydrogen (secondary N) is 1. The number of hydrogen-bond acceptors (Lipinski definition) is 3. The van der Waals surface area contributed by atoms with Crippen molar-refractivity contribution in [3.8, 4) is 5.75 Å². The molecular formula is C22H30N4O. The number of rotatable bonds is 5. The molecule has 5 heteroatoms. The monoisotopic (exact) mass is 366 g/mol. The van der Waals surface area contributed by atoms with Crippen molar-refractivity contribution >= 4 is 17.3 Å². The van der Waals surface area contributed by atoms with E-state index >= 15 is 0 Å². The maximum absolute atomic E-state index is 5.53. The largest absolute Gasteiger partial charge is 0.495 e. The van der Waals surface area contributed by atoms with Gasteiger partial charge in [-0.2, -0.15) is 0 Å². The van der Waals surface area contributed by atoms with Crippen molar-refractivity contribution < 1.29 is 4.74 Å². The lowest BCUT2D eigenvalue weighted by Gasteiger charge is -2.38. The summed E-state index contributed by atoms with van der Waals surface area (Å²) in [7, 11) is 1.73. The molecule has 3 rings (SSSR count). The number of methoxy groups -OCH3 is 1. The van der Waals surface area contributed by atoms with Gasteiger partial charge in [0.25, 0.3) is 0 Å². The van der Waals surface area contributed by atoms with Crippen LogP contribution in [-0.4, -0.2) is 50.7 Å². The standard InChI is InChI=1S/C22H30N4O/c1-18(2)17-23-22(24-19-9-5-4-6-10-19)26-15-13-25(14-16-26)20-11-7-8-12-21(20)27-3/h4-12,18H,13-17H2,1-3H3,(H,23,24). The van der Waals surface area contributed by atoms with Gasteiger partial charge in [-0.3, -0.25) is 4.99 Å². The number of ether oxygens (including phenoxy) is 1. The molecule has 2 aromatic carbocycles. The first-order chi connectivity index (χ1) is 13.2. The van der Waals surface area contributed by atoms with Gasteiger partial charge in [-0.1, -0.05) is 44.2 Å². The SMILES string of the molecule is COc1ccccc1N1CCN(/C(=N\CC(C)C)Nc2ccccc2)CC1. The molecule has 27 heavy (non-hydrogen) atoms. The van der Waals surface area contributed by atoms with Crippen LogP contribution in [0.2, 0.25) is 0 Å². The summed E-state index contributed by atoms with van der Waals surface area (Å²) < 4.78 is 5.53. The minimum absolute atomic E-state index is 0.535. The number of benzene rings is 2. The van der Waals surface area contributed by atoms with Crippen LogP contribution >= 0.6 is 0 Å². The first kappa shape index (κ1) is 19.1. The summed E-state index contributed by atoms with van der Waals surface area (Å²) in [6.07, 6.45) is 0. The van der Waals surface area contributed by atoms with E-state index in [1.165, 1.54) is 0 Å². The molecule has 0 spiro atoms. The van der Waals surface area contributed by atoms with Gasteiger partial charge < -0.3 is 19.9 Å². The molecular weight excluding hydrogens is 336 g/mol. The fourth-order valence-electron chi connectivity index (χ4n) is 3.19. The highest BCUT2D eigenvalue weighted by Crippen LogP contribution is 2.28. The van der Waals surface area contributed by atoms with Gasteiger partial charge in [0.2, 0.25) is 0 Å². The van der Waals surface area contributed by atoms with E-state index in [1.54, 1.807) is 7.11 Å². The summed E-state index contributed by atoms with van der Waals surface area (Å²) >= 11 is 0. The molecule has 1 N–H and O–H groups in total. The molecule has 0 aromatic heterocycles. The molecule has 0 radical (unpaired) electrons. The van der Waals surface area contributed by atoms with Gasteiger partial charge in [-0.25, -0.2) is 0 Å². The minimum Gasteiger partial charge on any atom is -0.495 e. The highest BCUT2D eigenvalue weighted by molar-refractivity contribution is 5.93. The van der Waals surface area contributed by atoms with Gasteiger partial charge in [0.05, 0.1) is 12.8 Å². The van der Waals surface area contributed by atoms with Gasteiger partial charge in [-0.15, -0.1) is 0 Å². The molecule has 0 amide bonds. The summed E-state index contributed by atoms with van der Waals surface area (Å²) in [6.45, 7) is 8.95. The highest BCUT2D eigenvalue weighted by atomic mass is 16.5. The first-order valence-electron chi connectivity index (χ1n) is 9.67. The van der Waals surface area contributed by atoms with E-state index in [0.717, 1.165) is 55.8 Å². The predicted octanol–water partition coefficient (Wildman–Crippen LogP) is 3.94. The number of hydrogen-bond donors (Lipinski definition) is 1. The maximum Gasteiger partial charge on any atom is 0.198 e. The Morgan fingerprint density at radius 2 is 1.67 bits per heavy atom. The van der Waals surface area contributed by atoms with Crippen molar-refractivity contribution in [2.75, 3.05) is 50.1 Å². The quantitative estimate of drug-likeness (QED) is 0.643. The summed E-state index contributed by atoms with van der Waals surface area (Å²) in [6, 6.07) is 18.5. The number of nitrogens with zero attached hydrogens (tertiary/aromatic N) is 3. The lowest BCUT2D eigenvalue weighted by Crippen LogP contribution is -2.51. The molecule has 0 aliphatic carbocycles. The Labute approximate surface area is 162 Å². The average molecular weight is 367 g/mol. The van der Waals surface area contributed by atoms with Crippen LogP contribution in [0.15, 0.2) is 59.6 Å². The Morgan fingerprint density at radius 3 is 2.33 bits per heavy atom. The van der Waals surface area contributed by atoms with Gasteiger partial charge >= 0.3 is 0 Å². The molecule has 0 bridgehead atoms. The van der Waals surface area contributed by atoms with Crippen molar-refractivity contribution in [2.45, 2.75) is 13.8 Å². The molecule has 2 aromatic rings. The second-order valence-electron chi connectivity index (χ2n) is 7.20. The van der Waals surface area contributed by atoms with E-state index in [9.17, 15) is 0 Å². The molecule has 5 nitrogen and oxygen atoms in total. The summed E-state index contributed by atoms with van der Waals surface area (Å²) in [5.41, 5.74) is 2.24. The van der Waals surface area contributed by atoms with Gasteiger partial charge in [0, 0.05) is 38.4 Å². The number of aliphatic imine (C=N–C) groups is 1. The molecule has 1 aliphatic rings. The van der Waals surface area contributed by atoms with Gasteiger partial charge in [0.15, 0.2) is 5.96 Å². The Balaban J connectivity index is 1.69. The molecule has 1 fully saturated rings. The molecule has 0 saturated carbocycles. The van der Waals surface area contributed by atoms with Crippen molar-refractivity contribution in [1.82, 2.24) is 4.90 Å². The fraction of sp³-hybridized carbons (Fsp3) is 0.409. The molecule has 1 saturated heterocycles. The van der Waals surface area contributed by atoms with Crippen LogP contribution in [0.3, 0.4) is 0 Å². The van der Waals surface area contributed by atoms with E-state index < -0.39 is 0 Å². The fourth-order valence-corrected chi connectivity index (χ4v) is 3.19. The Hall–Kier alpha value is -2.69. The van der Waals surface area contributed by atoms with E-state index in [0.29, 0.717) is 5.92 Å².